The number of aliphatic hydroxyl groups excluding tert-OH is 1. The molecule has 13 heteroatoms. The van der Waals surface area contributed by atoms with Gasteiger partial charge >= 0.3 is 23.9 Å². The SMILES string of the molecule is CC(=O)OCOC(=O)c1cccc(-c2cc(OCCO)cc(-c3cccc(C(=O)OCOC(C)=O)n3)n2)n1. The number of esters is 4. The van der Waals surface area contributed by atoms with Crippen LogP contribution in [0.4, 0.5) is 0 Å². The van der Waals surface area contributed by atoms with Crippen molar-refractivity contribution < 1.29 is 48.0 Å². The van der Waals surface area contributed by atoms with Crippen molar-refractivity contribution >= 4 is 23.9 Å². The van der Waals surface area contributed by atoms with Crippen LogP contribution in [0.5, 0.6) is 5.75 Å². The van der Waals surface area contributed by atoms with Gasteiger partial charge in [-0.2, -0.15) is 0 Å². The van der Waals surface area contributed by atoms with E-state index in [0.717, 1.165) is 0 Å². The van der Waals surface area contributed by atoms with E-state index in [9.17, 15) is 24.3 Å². The van der Waals surface area contributed by atoms with E-state index in [1.165, 1.54) is 26.0 Å². The van der Waals surface area contributed by atoms with Gasteiger partial charge < -0.3 is 28.8 Å². The maximum absolute atomic E-state index is 12.3. The maximum atomic E-state index is 12.3. The van der Waals surface area contributed by atoms with Crippen molar-refractivity contribution in [2.75, 3.05) is 26.8 Å². The van der Waals surface area contributed by atoms with Crippen LogP contribution >= 0.6 is 0 Å². The van der Waals surface area contributed by atoms with E-state index >= 15 is 0 Å². The minimum absolute atomic E-state index is 0.00518. The molecule has 3 aromatic heterocycles. The molecule has 0 radical (unpaired) electrons. The number of carbonyl (C=O) groups is 4. The maximum Gasteiger partial charge on any atom is 0.359 e. The molecule has 0 unspecified atom stereocenters. The molecule has 0 atom stereocenters. The average molecular weight is 525 g/mol. The lowest BCUT2D eigenvalue weighted by Gasteiger charge is -2.11. The van der Waals surface area contributed by atoms with Crippen molar-refractivity contribution in [3.63, 3.8) is 0 Å². The van der Waals surface area contributed by atoms with Gasteiger partial charge in [0.2, 0.25) is 13.6 Å². The summed E-state index contributed by atoms with van der Waals surface area (Å²) in [4.78, 5) is 59.4. The van der Waals surface area contributed by atoms with Crippen molar-refractivity contribution in [1.29, 1.82) is 0 Å². The van der Waals surface area contributed by atoms with E-state index in [1.807, 2.05) is 0 Å². The molecule has 198 valence electrons. The van der Waals surface area contributed by atoms with E-state index in [1.54, 1.807) is 36.4 Å². The predicted octanol–water partition coefficient (Wildman–Crippen LogP) is 1.93. The second kappa shape index (κ2) is 13.4. The summed E-state index contributed by atoms with van der Waals surface area (Å²) in [5, 5.41) is 9.17. The summed E-state index contributed by atoms with van der Waals surface area (Å²) in [7, 11) is 0. The monoisotopic (exact) mass is 525 g/mol. The standard InChI is InChI=1S/C25H23N3O10/c1-15(30)35-13-37-24(32)20-7-3-5-18(26-20)22-11-17(34-10-9-29)12-23(28-22)19-6-4-8-21(27-19)25(33)38-14-36-16(2)31/h3-8,11-12,29H,9-10,13-14H2,1-2H3. The van der Waals surface area contributed by atoms with Crippen molar-refractivity contribution in [3.05, 3.63) is 59.9 Å². The van der Waals surface area contributed by atoms with Crippen LogP contribution < -0.4 is 4.74 Å². The molecule has 0 saturated carbocycles. The largest absolute Gasteiger partial charge is 0.491 e. The molecule has 0 fully saturated rings. The van der Waals surface area contributed by atoms with Gasteiger partial charge in [0.1, 0.15) is 23.7 Å². The molecule has 38 heavy (non-hydrogen) atoms. The van der Waals surface area contributed by atoms with Crippen molar-refractivity contribution in [2.45, 2.75) is 13.8 Å². The van der Waals surface area contributed by atoms with Gasteiger partial charge in [0.15, 0.2) is 0 Å². The van der Waals surface area contributed by atoms with Crippen LogP contribution in [-0.4, -0.2) is 70.7 Å². The number of aromatic nitrogens is 3. The number of ether oxygens (including phenoxy) is 5. The lowest BCUT2D eigenvalue weighted by Crippen LogP contribution is -2.13. The summed E-state index contributed by atoms with van der Waals surface area (Å²) >= 11 is 0. The van der Waals surface area contributed by atoms with Crippen LogP contribution in [0.25, 0.3) is 22.8 Å². The molecule has 0 aliphatic carbocycles. The normalized spacial score (nSPS) is 10.3. The van der Waals surface area contributed by atoms with Gasteiger partial charge in [-0.15, -0.1) is 0 Å². The number of hydrogen-bond acceptors (Lipinski definition) is 13. The van der Waals surface area contributed by atoms with E-state index in [2.05, 4.69) is 24.4 Å². The summed E-state index contributed by atoms with van der Waals surface area (Å²) in [5.74, 6) is -2.53. The molecule has 0 aromatic carbocycles. The fraction of sp³-hybridized carbons (Fsp3) is 0.240. The summed E-state index contributed by atoms with van der Waals surface area (Å²) in [6.07, 6.45) is 0. The second-order valence-electron chi connectivity index (χ2n) is 7.33. The van der Waals surface area contributed by atoms with Gasteiger partial charge in [-0.05, 0) is 24.3 Å². The van der Waals surface area contributed by atoms with Crippen LogP contribution in [0.3, 0.4) is 0 Å². The average Bonchev–Trinajstić information content (AvgIpc) is 2.91. The molecule has 0 saturated heterocycles. The number of hydrogen-bond donors (Lipinski definition) is 1. The summed E-state index contributed by atoms with van der Waals surface area (Å²) in [5.41, 5.74) is 1.01. The van der Waals surface area contributed by atoms with Crippen LogP contribution in [0, 0.1) is 0 Å². The highest BCUT2D eigenvalue weighted by atomic mass is 16.7. The van der Waals surface area contributed by atoms with Crippen molar-refractivity contribution in [1.82, 2.24) is 15.0 Å². The predicted molar refractivity (Wildman–Crippen MR) is 127 cm³/mol. The van der Waals surface area contributed by atoms with Gasteiger partial charge in [-0.3, -0.25) is 9.59 Å². The highest BCUT2D eigenvalue weighted by molar-refractivity contribution is 5.88. The molecule has 0 aliphatic heterocycles. The molecule has 1 N–H and O–H groups in total. The third-order valence-electron chi connectivity index (χ3n) is 4.50. The third-order valence-corrected chi connectivity index (χ3v) is 4.50. The van der Waals surface area contributed by atoms with Gasteiger partial charge in [-0.25, -0.2) is 24.5 Å². The Bertz CT molecular complexity index is 1230. The Kier molecular flexibility index (Phi) is 9.77. The smallest absolute Gasteiger partial charge is 0.359 e. The molecular formula is C25H23N3O10. The Morgan fingerprint density at radius 1 is 0.684 bits per heavy atom. The number of aliphatic hydroxyl groups is 1. The van der Waals surface area contributed by atoms with Crippen LogP contribution in [0.1, 0.15) is 34.8 Å². The molecule has 13 nitrogen and oxygen atoms in total. The molecule has 3 heterocycles. The van der Waals surface area contributed by atoms with Crippen LogP contribution in [-0.2, 0) is 28.5 Å². The topological polar surface area (TPSA) is 173 Å². The number of rotatable bonds is 11. The van der Waals surface area contributed by atoms with E-state index < -0.39 is 37.5 Å². The zero-order valence-electron chi connectivity index (χ0n) is 20.4. The van der Waals surface area contributed by atoms with E-state index in [-0.39, 0.29) is 47.4 Å². The lowest BCUT2D eigenvalue weighted by atomic mass is 10.1. The Morgan fingerprint density at radius 3 is 1.58 bits per heavy atom. The Hall–Kier alpha value is -4.91. The minimum Gasteiger partial charge on any atom is -0.491 e. The summed E-state index contributed by atoms with van der Waals surface area (Å²) in [6.45, 7) is 0.999. The first-order chi connectivity index (χ1) is 18.3. The minimum atomic E-state index is -0.817. The zero-order chi connectivity index (χ0) is 27.5. The van der Waals surface area contributed by atoms with Crippen LogP contribution in [0.15, 0.2) is 48.5 Å². The molecule has 3 aromatic rings. The molecule has 0 bridgehead atoms. The lowest BCUT2D eigenvalue weighted by molar-refractivity contribution is -0.150. The van der Waals surface area contributed by atoms with Gasteiger partial charge in [0.25, 0.3) is 0 Å². The first-order valence-corrected chi connectivity index (χ1v) is 11.1. The fourth-order valence-corrected chi connectivity index (χ4v) is 2.88. The molecule has 3 rings (SSSR count). The fourth-order valence-electron chi connectivity index (χ4n) is 2.88. The quantitative estimate of drug-likeness (QED) is 0.284. The Morgan fingerprint density at radius 2 is 1.16 bits per heavy atom. The number of nitrogens with zero attached hydrogens (tertiary/aromatic N) is 3. The Labute approximate surface area is 216 Å². The summed E-state index contributed by atoms with van der Waals surface area (Å²) < 4.78 is 24.5. The Balaban J connectivity index is 1.92. The molecule has 0 aliphatic rings. The van der Waals surface area contributed by atoms with Crippen molar-refractivity contribution in [2.24, 2.45) is 0 Å². The van der Waals surface area contributed by atoms with Crippen molar-refractivity contribution in [3.8, 4) is 28.5 Å². The highest BCUT2D eigenvalue weighted by Crippen LogP contribution is 2.27. The van der Waals surface area contributed by atoms with E-state index in [0.29, 0.717) is 5.75 Å². The van der Waals surface area contributed by atoms with Gasteiger partial charge in [0.05, 0.1) is 29.4 Å². The van der Waals surface area contributed by atoms with Gasteiger partial charge in [0, 0.05) is 26.0 Å². The second-order valence-corrected chi connectivity index (χ2v) is 7.33. The number of pyridine rings is 3. The molecule has 0 spiro atoms. The van der Waals surface area contributed by atoms with Gasteiger partial charge in [-0.1, -0.05) is 12.1 Å². The molecule has 0 amide bonds. The summed E-state index contributed by atoms with van der Waals surface area (Å²) in [6, 6.07) is 12.2. The first-order valence-electron chi connectivity index (χ1n) is 11.1. The highest BCUT2D eigenvalue weighted by Gasteiger charge is 2.16. The first kappa shape index (κ1) is 27.7. The number of carbonyl (C=O) groups excluding carboxylic acids is 4. The zero-order valence-corrected chi connectivity index (χ0v) is 20.4. The third kappa shape index (κ3) is 8.06. The van der Waals surface area contributed by atoms with Crippen LogP contribution in [0.2, 0.25) is 0 Å². The molecular weight excluding hydrogens is 502 g/mol. The van der Waals surface area contributed by atoms with E-state index in [4.69, 9.17) is 14.2 Å².